The van der Waals surface area contributed by atoms with Crippen LogP contribution in [-0.4, -0.2) is 54.2 Å². The van der Waals surface area contributed by atoms with E-state index < -0.39 is 0 Å². The van der Waals surface area contributed by atoms with Gasteiger partial charge in [0.05, 0.1) is 26.4 Å². The van der Waals surface area contributed by atoms with Crippen LogP contribution in [0.2, 0.25) is 0 Å². The highest BCUT2D eigenvalue weighted by molar-refractivity contribution is 5.53. The second-order valence-electron chi connectivity index (χ2n) is 9.32. The molecule has 0 amide bonds. The van der Waals surface area contributed by atoms with Crippen molar-refractivity contribution in [3.63, 3.8) is 0 Å². The zero-order chi connectivity index (χ0) is 25.5. The van der Waals surface area contributed by atoms with Gasteiger partial charge in [-0.05, 0) is 63.1 Å². The topological polar surface area (TPSA) is 55.4 Å². The molecule has 0 heterocycles. The smallest absolute Gasteiger partial charge is 0.189 e. The lowest BCUT2D eigenvalue weighted by Crippen LogP contribution is -2.20. The summed E-state index contributed by atoms with van der Waals surface area (Å²) in [6, 6.07) is 4.33. The summed E-state index contributed by atoms with van der Waals surface area (Å²) in [7, 11) is 3.33. The fourth-order valence-electron chi connectivity index (χ4n) is 4.47. The number of aryl methyl sites for hydroxylation is 1. The zero-order valence-corrected chi connectivity index (χ0v) is 22.5. The van der Waals surface area contributed by atoms with Crippen molar-refractivity contribution in [3.8, 4) is 11.5 Å². The summed E-state index contributed by atoms with van der Waals surface area (Å²) in [4.78, 5) is 0. The Hall–Kier alpha value is -1.86. The van der Waals surface area contributed by atoms with Gasteiger partial charge in [0.2, 0.25) is 0 Å². The molecule has 0 aromatic heterocycles. The van der Waals surface area contributed by atoms with Crippen LogP contribution in [0.4, 0.5) is 0 Å². The first-order chi connectivity index (χ1) is 17.0. The molecule has 0 bridgehead atoms. The number of methoxy groups -OCH3 is 2. The van der Waals surface area contributed by atoms with Crippen LogP contribution in [0, 0.1) is 5.92 Å². The number of unbranched alkanes of at least 4 members (excludes halogenated alkanes) is 2. The van der Waals surface area contributed by atoms with Crippen LogP contribution in [0.1, 0.15) is 69.9 Å². The molecule has 2 rings (SSSR count). The minimum absolute atomic E-state index is 0.119. The second-order valence-corrected chi connectivity index (χ2v) is 9.32. The number of allylic oxidation sites excluding steroid dienone is 3. The minimum Gasteiger partial charge on any atom is -0.467 e. The summed E-state index contributed by atoms with van der Waals surface area (Å²) < 4.78 is 34.0. The predicted molar refractivity (Wildman–Crippen MR) is 140 cm³/mol. The van der Waals surface area contributed by atoms with Gasteiger partial charge in [0, 0.05) is 25.7 Å². The van der Waals surface area contributed by atoms with Gasteiger partial charge in [-0.25, -0.2) is 0 Å². The molecule has 0 saturated carbocycles. The Labute approximate surface area is 212 Å². The molecule has 1 aromatic rings. The summed E-state index contributed by atoms with van der Waals surface area (Å²) in [5.41, 5.74) is 4.80. The van der Waals surface area contributed by atoms with E-state index in [1.165, 1.54) is 29.6 Å². The zero-order valence-electron chi connectivity index (χ0n) is 22.5. The molecular formula is C29H46O6. The van der Waals surface area contributed by atoms with E-state index in [0.717, 1.165) is 42.7 Å². The third kappa shape index (κ3) is 9.96. The molecule has 1 aromatic carbocycles. The summed E-state index contributed by atoms with van der Waals surface area (Å²) in [6.45, 7) is 13.2. The molecule has 35 heavy (non-hydrogen) atoms. The van der Waals surface area contributed by atoms with E-state index in [9.17, 15) is 0 Å². The van der Waals surface area contributed by atoms with Crippen molar-refractivity contribution in [2.45, 2.75) is 65.2 Å². The lowest BCUT2D eigenvalue weighted by atomic mass is 9.73. The predicted octanol–water partition coefficient (Wildman–Crippen LogP) is 6.43. The molecule has 198 valence electrons. The van der Waals surface area contributed by atoms with Crippen LogP contribution in [-0.2, 0) is 25.4 Å². The molecule has 6 nitrogen and oxygen atoms in total. The van der Waals surface area contributed by atoms with Crippen molar-refractivity contribution in [1.29, 1.82) is 0 Å². The maximum absolute atomic E-state index is 6.26. The van der Waals surface area contributed by atoms with Crippen molar-refractivity contribution in [2.75, 3.05) is 54.2 Å². The second kappa shape index (κ2) is 16.7. The first-order valence-electron chi connectivity index (χ1n) is 12.9. The molecule has 0 N–H and O–H groups in total. The van der Waals surface area contributed by atoms with Crippen LogP contribution < -0.4 is 9.47 Å². The third-order valence-electron chi connectivity index (χ3n) is 6.41. The third-order valence-corrected chi connectivity index (χ3v) is 6.41. The highest BCUT2D eigenvalue weighted by atomic mass is 16.7. The molecule has 2 unspecified atom stereocenters. The van der Waals surface area contributed by atoms with Crippen molar-refractivity contribution in [2.24, 2.45) is 5.92 Å². The Bertz CT molecular complexity index is 752. The molecule has 1 aliphatic rings. The van der Waals surface area contributed by atoms with E-state index in [-0.39, 0.29) is 19.5 Å². The van der Waals surface area contributed by atoms with Crippen LogP contribution in [0.5, 0.6) is 11.5 Å². The van der Waals surface area contributed by atoms with Gasteiger partial charge in [-0.1, -0.05) is 43.6 Å². The van der Waals surface area contributed by atoms with Crippen molar-refractivity contribution >= 4 is 0 Å². The molecule has 6 heteroatoms. The van der Waals surface area contributed by atoms with Crippen molar-refractivity contribution < 1.29 is 28.4 Å². The quantitative estimate of drug-likeness (QED) is 0.134. The van der Waals surface area contributed by atoms with Gasteiger partial charge in [-0.2, -0.15) is 0 Å². The summed E-state index contributed by atoms with van der Waals surface area (Å²) >= 11 is 0. The monoisotopic (exact) mass is 490 g/mol. The fraction of sp³-hybridized carbons (Fsp3) is 0.655. The average molecular weight is 491 g/mol. The van der Waals surface area contributed by atoms with Gasteiger partial charge >= 0.3 is 0 Å². The lowest BCUT2D eigenvalue weighted by molar-refractivity contribution is -0.0128. The van der Waals surface area contributed by atoms with E-state index in [0.29, 0.717) is 32.3 Å². The van der Waals surface area contributed by atoms with E-state index in [1.807, 2.05) is 0 Å². The highest BCUT2D eigenvalue weighted by Crippen LogP contribution is 2.47. The maximum Gasteiger partial charge on any atom is 0.189 e. The van der Waals surface area contributed by atoms with Crippen molar-refractivity contribution in [1.82, 2.24) is 0 Å². The van der Waals surface area contributed by atoms with E-state index in [4.69, 9.17) is 28.4 Å². The summed E-state index contributed by atoms with van der Waals surface area (Å²) in [5.74, 6) is 2.06. The fourth-order valence-corrected chi connectivity index (χ4v) is 4.47. The van der Waals surface area contributed by atoms with Crippen LogP contribution in [0.25, 0.3) is 0 Å². The molecule has 0 fully saturated rings. The maximum atomic E-state index is 6.26. The van der Waals surface area contributed by atoms with Gasteiger partial charge in [-0.15, -0.1) is 0 Å². The van der Waals surface area contributed by atoms with Gasteiger partial charge in [0.25, 0.3) is 0 Å². The molecule has 0 radical (unpaired) electrons. The lowest BCUT2D eigenvalue weighted by Gasteiger charge is -2.33. The highest BCUT2D eigenvalue weighted by Gasteiger charge is 2.31. The number of rotatable bonds is 18. The first kappa shape index (κ1) is 29.4. The number of hydrogen-bond donors (Lipinski definition) is 0. The molecule has 2 atom stereocenters. The van der Waals surface area contributed by atoms with Crippen LogP contribution in [0.15, 0.2) is 35.9 Å². The Morgan fingerprint density at radius 3 is 2.06 bits per heavy atom. The Balaban J connectivity index is 2.43. The van der Waals surface area contributed by atoms with Gasteiger partial charge in [0.15, 0.2) is 13.6 Å². The van der Waals surface area contributed by atoms with Gasteiger partial charge < -0.3 is 28.4 Å². The largest absolute Gasteiger partial charge is 0.467 e. The minimum atomic E-state index is 0.119. The molecular weight excluding hydrogens is 444 g/mol. The summed E-state index contributed by atoms with van der Waals surface area (Å²) in [6.07, 6.45) is 8.96. The normalized spacial score (nSPS) is 17.8. The average Bonchev–Trinajstić information content (AvgIpc) is 2.83. The Morgan fingerprint density at radius 1 is 0.943 bits per heavy atom. The van der Waals surface area contributed by atoms with E-state index in [2.05, 4.69) is 45.6 Å². The molecule has 0 aliphatic heterocycles. The molecule has 1 aliphatic carbocycles. The first-order valence-corrected chi connectivity index (χ1v) is 12.9. The number of hydrogen-bond acceptors (Lipinski definition) is 6. The van der Waals surface area contributed by atoms with E-state index >= 15 is 0 Å². The SMILES string of the molecule is C=C(C)C1CCC(C)=CC1c1c(OCOCCOC)cc(CCCCC)cc1OCOCCOC. The van der Waals surface area contributed by atoms with E-state index in [1.54, 1.807) is 14.2 Å². The van der Waals surface area contributed by atoms with Crippen LogP contribution in [0.3, 0.4) is 0 Å². The van der Waals surface area contributed by atoms with Gasteiger partial charge in [0.1, 0.15) is 11.5 Å². The molecule has 0 spiro atoms. The van der Waals surface area contributed by atoms with Crippen LogP contribution >= 0.6 is 0 Å². The number of ether oxygens (including phenoxy) is 6. The molecule has 0 saturated heterocycles. The summed E-state index contributed by atoms with van der Waals surface area (Å²) in [5, 5.41) is 0. The van der Waals surface area contributed by atoms with Crippen molar-refractivity contribution in [3.05, 3.63) is 47.1 Å². The Morgan fingerprint density at radius 2 is 1.54 bits per heavy atom. The number of benzene rings is 1. The Kier molecular flexibility index (Phi) is 14.1. The van der Waals surface area contributed by atoms with Gasteiger partial charge in [-0.3, -0.25) is 0 Å². The standard InChI is InChI=1S/C29H46O6/c1-7-8-9-10-24-18-27(34-20-32-15-13-30-5)29(28(19-24)35-21-33-16-14-31-6)26-17-23(4)11-12-25(26)22(2)3/h17-19,25-26H,2,7-16,20-21H2,1,3-6H3.